The van der Waals surface area contributed by atoms with Crippen molar-refractivity contribution in [1.29, 1.82) is 0 Å². The van der Waals surface area contributed by atoms with Crippen LogP contribution in [0.5, 0.6) is 0 Å². The van der Waals surface area contributed by atoms with Gasteiger partial charge in [-0.1, -0.05) is 12.8 Å². The van der Waals surface area contributed by atoms with Gasteiger partial charge in [-0.05, 0) is 0 Å². The molecule has 80 valence electrons. The van der Waals surface area contributed by atoms with Gasteiger partial charge in [-0.3, -0.25) is 6.08 Å². The number of rotatable bonds is 0. The zero-order valence-electron chi connectivity index (χ0n) is 8.40. The molecule has 0 nitrogen and oxygen atoms in total. The van der Waals surface area contributed by atoms with Gasteiger partial charge < -0.3 is 20.9 Å². The van der Waals surface area contributed by atoms with Crippen molar-refractivity contribution in [2.75, 3.05) is 0 Å². The van der Waals surface area contributed by atoms with Gasteiger partial charge >= 0.3 is 0 Å². The fraction of sp³-hybridized carbons (Fsp3) is 0.250. The quantitative estimate of drug-likeness (QED) is 0.461. The third-order valence-electron chi connectivity index (χ3n) is 1.37. The Morgan fingerprint density at radius 1 is 1.08 bits per heavy atom. The number of hydrogen-bond acceptors (Lipinski definition) is 0. The first-order chi connectivity index (χ1) is 5.00. The first-order valence-corrected chi connectivity index (χ1v) is 3.72. The van der Waals surface area contributed by atoms with Crippen molar-refractivity contribution in [2.45, 2.75) is 19.3 Å². The topological polar surface area (TPSA) is 0 Å². The van der Waals surface area contributed by atoms with Crippen molar-refractivity contribution >= 4 is 0 Å². The van der Waals surface area contributed by atoms with Crippen LogP contribution < -0.4 is 0 Å². The molecule has 0 saturated carbocycles. The number of hydrogen-bond donors (Lipinski definition) is 0. The molecule has 0 aromatic heterocycles. The summed E-state index contributed by atoms with van der Waals surface area (Å²) in [6, 6.07) is 10.0. The van der Waals surface area contributed by atoms with Gasteiger partial charge in [0.2, 0.25) is 0 Å². The minimum Gasteiger partial charge on any atom is -0.501 e. The molecule has 1 aliphatic carbocycles. The van der Waals surface area contributed by atoms with Gasteiger partial charge in [0, 0.05) is 16.5 Å². The van der Waals surface area contributed by atoms with E-state index in [9.17, 15) is 0 Å². The Bertz CT molecular complexity index is 140. The molecule has 2 rings (SSSR count). The van der Waals surface area contributed by atoms with E-state index < -0.39 is 0 Å². The third-order valence-corrected chi connectivity index (χ3v) is 1.37. The maximum atomic E-state index is 3.10. The monoisotopic (exact) mass is 220 g/mol. The van der Waals surface area contributed by atoms with Crippen LogP contribution >= 0.6 is 0 Å². The molecule has 1 heteroatoms. The van der Waals surface area contributed by atoms with E-state index in [-0.39, 0.29) is 31.3 Å². The molecule has 0 aliphatic heterocycles. The Kier molecular flexibility index (Phi) is 20.0. The van der Waals surface area contributed by atoms with Gasteiger partial charge in [0.15, 0.2) is 0 Å². The maximum Gasteiger partial charge on any atom is 0 e. The van der Waals surface area contributed by atoms with Crippen LogP contribution in [0, 0.1) is 20.9 Å². The van der Waals surface area contributed by atoms with Gasteiger partial charge in [-0.2, -0.15) is 24.6 Å². The second-order valence-electron chi connectivity index (χ2n) is 2.26. The normalized spacial score (nSPS) is 11.1. The summed E-state index contributed by atoms with van der Waals surface area (Å²) in [5.74, 6) is 0. The molecule has 1 aromatic rings. The molecule has 0 bridgehead atoms. The van der Waals surface area contributed by atoms with E-state index in [4.69, 9.17) is 0 Å². The fourth-order valence-corrected chi connectivity index (χ4v) is 0.831. The van der Waals surface area contributed by atoms with Crippen molar-refractivity contribution in [2.24, 2.45) is 0 Å². The van der Waals surface area contributed by atoms with Gasteiger partial charge in [0.05, 0.1) is 0 Å². The van der Waals surface area contributed by atoms with Crippen molar-refractivity contribution in [3.05, 3.63) is 57.3 Å². The first kappa shape index (κ1) is 18.4. The summed E-state index contributed by atoms with van der Waals surface area (Å²) in [4.78, 5) is 0. The summed E-state index contributed by atoms with van der Waals surface area (Å²) < 4.78 is 0. The van der Waals surface area contributed by atoms with Gasteiger partial charge in [-0.15, -0.1) is 0 Å². The Morgan fingerprint density at radius 3 is 1.85 bits per heavy atom. The average Bonchev–Trinajstić information content (AvgIpc) is 2.67. The molecule has 1 aromatic carbocycles. The van der Waals surface area contributed by atoms with E-state index in [0.717, 1.165) is 0 Å². The third kappa shape index (κ3) is 11.6. The molecule has 0 N–H and O–H groups in total. The van der Waals surface area contributed by atoms with E-state index in [1.165, 1.54) is 19.3 Å². The molecule has 0 heterocycles. The van der Waals surface area contributed by atoms with Gasteiger partial charge in [0.25, 0.3) is 0 Å². The minimum absolute atomic E-state index is 0. The van der Waals surface area contributed by atoms with Crippen LogP contribution in [-0.4, -0.2) is 0 Å². The molecule has 0 radical (unpaired) electrons. The largest absolute Gasteiger partial charge is 0.501 e. The molecule has 1 aliphatic rings. The molecular weight excluding hydrogens is 203 g/mol. The molecule has 0 spiro atoms. The molecule has 0 fully saturated rings. The van der Waals surface area contributed by atoms with Gasteiger partial charge in [-0.25, -0.2) is 12.1 Å². The first-order valence-electron chi connectivity index (χ1n) is 3.72. The van der Waals surface area contributed by atoms with Crippen LogP contribution in [0.4, 0.5) is 0 Å². The van der Waals surface area contributed by atoms with Crippen LogP contribution in [0.1, 0.15) is 19.3 Å². The van der Waals surface area contributed by atoms with E-state index in [1.54, 1.807) is 0 Å². The standard InChI is InChI=1S/C5H7.C5H5.2CH3.Ni/c2*1-2-4-5-3-1;;;/h1H,2,4-5H2;1-5H;2*1H3;/q4*-1;. The Labute approximate surface area is 93.3 Å². The predicted molar refractivity (Wildman–Crippen MR) is 56.5 cm³/mol. The Balaban J connectivity index is -0.000000125. The summed E-state index contributed by atoms with van der Waals surface area (Å²) in [6.45, 7) is 0. The summed E-state index contributed by atoms with van der Waals surface area (Å²) in [7, 11) is 0. The van der Waals surface area contributed by atoms with Crippen LogP contribution in [0.2, 0.25) is 0 Å². The smallest absolute Gasteiger partial charge is 0 e. The molecule has 0 amide bonds. The molecule has 0 saturated heterocycles. The van der Waals surface area contributed by atoms with Crippen molar-refractivity contribution in [3.8, 4) is 0 Å². The van der Waals surface area contributed by atoms with E-state index >= 15 is 0 Å². The van der Waals surface area contributed by atoms with E-state index in [1.807, 2.05) is 30.3 Å². The van der Waals surface area contributed by atoms with Crippen LogP contribution in [0.3, 0.4) is 0 Å². The minimum atomic E-state index is 0. The summed E-state index contributed by atoms with van der Waals surface area (Å²) >= 11 is 0. The van der Waals surface area contributed by atoms with Gasteiger partial charge in [0.1, 0.15) is 0 Å². The summed E-state index contributed by atoms with van der Waals surface area (Å²) in [5, 5.41) is 0. The second kappa shape index (κ2) is 14.1. The zero-order chi connectivity index (χ0) is 7.07. The Morgan fingerprint density at radius 2 is 1.69 bits per heavy atom. The SMILES string of the molecule is [C-]1=CCCC1.[CH3-].[CH3-].[Ni].c1cc[cH-]c1. The predicted octanol–water partition coefficient (Wildman–Crippen LogP) is 3.83. The Hall–Kier alpha value is -0.416. The molecule has 0 unspecified atom stereocenters. The van der Waals surface area contributed by atoms with Crippen LogP contribution in [0.25, 0.3) is 0 Å². The van der Waals surface area contributed by atoms with Crippen molar-refractivity contribution in [3.63, 3.8) is 0 Å². The van der Waals surface area contributed by atoms with Crippen molar-refractivity contribution in [1.82, 2.24) is 0 Å². The average molecular weight is 221 g/mol. The summed E-state index contributed by atoms with van der Waals surface area (Å²) in [6.07, 6.45) is 9.00. The molecular formula is C12H18Ni-4. The fourth-order valence-electron chi connectivity index (χ4n) is 0.831. The second-order valence-corrected chi connectivity index (χ2v) is 2.26. The van der Waals surface area contributed by atoms with E-state index in [0.29, 0.717) is 0 Å². The molecule has 0 atom stereocenters. The summed E-state index contributed by atoms with van der Waals surface area (Å²) in [5.41, 5.74) is 0. The van der Waals surface area contributed by atoms with E-state index in [2.05, 4.69) is 12.2 Å². The van der Waals surface area contributed by atoms with Crippen LogP contribution in [-0.2, 0) is 16.5 Å². The van der Waals surface area contributed by atoms with Crippen molar-refractivity contribution < 1.29 is 16.5 Å². The zero-order valence-corrected chi connectivity index (χ0v) is 9.39. The maximum absolute atomic E-state index is 3.10. The number of allylic oxidation sites excluding steroid dienone is 2. The van der Waals surface area contributed by atoms with Crippen LogP contribution in [0.15, 0.2) is 36.4 Å². The molecule has 13 heavy (non-hydrogen) atoms.